The summed E-state index contributed by atoms with van der Waals surface area (Å²) in [5.74, 6) is -1.91. The predicted octanol–water partition coefficient (Wildman–Crippen LogP) is 1.79. The van der Waals surface area contributed by atoms with Crippen molar-refractivity contribution >= 4 is 17.5 Å². The van der Waals surface area contributed by atoms with E-state index in [-0.39, 0.29) is 11.3 Å². The molecule has 0 fully saturated rings. The van der Waals surface area contributed by atoms with Gasteiger partial charge >= 0.3 is 11.9 Å². The van der Waals surface area contributed by atoms with E-state index in [1.165, 1.54) is 22.7 Å². The minimum Gasteiger partial charge on any atom is -0.478 e. The van der Waals surface area contributed by atoms with Crippen molar-refractivity contribution in [1.29, 1.82) is 0 Å². The highest BCUT2D eigenvalue weighted by Crippen LogP contribution is 2.23. The number of imidazole rings is 1. The molecular formula is C14H9N3O4. The fourth-order valence-corrected chi connectivity index (χ4v) is 2.07. The minimum atomic E-state index is -1.17. The molecule has 0 spiro atoms. The molecule has 3 aromatic heterocycles. The molecule has 0 aliphatic carbocycles. The molecule has 104 valence electrons. The Hall–Kier alpha value is -3.22. The van der Waals surface area contributed by atoms with E-state index in [9.17, 15) is 14.7 Å². The SMILES string of the molecule is O=C(O)c1ccc2c(C(=O)O)nc(-c3ccncc3)n2c1. The van der Waals surface area contributed by atoms with Crippen molar-refractivity contribution in [3.63, 3.8) is 0 Å². The van der Waals surface area contributed by atoms with Gasteiger partial charge in [0.1, 0.15) is 5.82 Å². The van der Waals surface area contributed by atoms with E-state index in [0.29, 0.717) is 16.9 Å². The third kappa shape index (κ3) is 2.10. The molecule has 0 amide bonds. The third-order valence-electron chi connectivity index (χ3n) is 3.03. The third-order valence-corrected chi connectivity index (χ3v) is 3.03. The smallest absolute Gasteiger partial charge is 0.356 e. The van der Waals surface area contributed by atoms with Gasteiger partial charge in [-0.1, -0.05) is 0 Å². The molecule has 0 radical (unpaired) electrons. The molecule has 21 heavy (non-hydrogen) atoms. The molecule has 7 nitrogen and oxygen atoms in total. The van der Waals surface area contributed by atoms with Crippen LogP contribution in [0.25, 0.3) is 16.9 Å². The average molecular weight is 283 g/mol. The van der Waals surface area contributed by atoms with Crippen molar-refractivity contribution in [2.24, 2.45) is 0 Å². The summed E-state index contributed by atoms with van der Waals surface area (Å²) in [5, 5.41) is 18.3. The van der Waals surface area contributed by atoms with E-state index in [0.717, 1.165) is 0 Å². The number of hydrogen-bond donors (Lipinski definition) is 2. The number of carboxylic acids is 2. The molecule has 0 saturated heterocycles. The maximum absolute atomic E-state index is 11.3. The van der Waals surface area contributed by atoms with E-state index < -0.39 is 11.9 Å². The lowest BCUT2D eigenvalue weighted by Gasteiger charge is -2.02. The number of fused-ring (bicyclic) bond motifs is 1. The van der Waals surface area contributed by atoms with Gasteiger partial charge in [0.25, 0.3) is 0 Å². The minimum absolute atomic E-state index is 0.0483. The molecular weight excluding hydrogens is 274 g/mol. The number of carboxylic acid groups (broad SMARTS) is 2. The number of carbonyl (C=O) groups is 2. The van der Waals surface area contributed by atoms with Crippen LogP contribution in [0.5, 0.6) is 0 Å². The summed E-state index contributed by atoms with van der Waals surface area (Å²) in [7, 11) is 0. The quantitative estimate of drug-likeness (QED) is 0.759. The van der Waals surface area contributed by atoms with Gasteiger partial charge in [-0.05, 0) is 24.3 Å². The Labute approximate surface area is 118 Å². The van der Waals surface area contributed by atoms with Gasteiger partial charge in [0.15, 0.2) is 5.69 Å². The topological polar surface area (TPSA) is 105 Å². The van der Waals surface area contributed by atoms with Gasteiger partial charge in [0, 0.05) is 24.2 Å². The van der Waals surface area contributed by atoms with Gasteiger partial charge in [0.05, 0.1) is 11.1 Å². The highest BCUT2D eigenvalue weighted by Gasteiger charge is 2.18. The summed E-state index contributed by atoms with van der Waals surface area (Å²) >= 11 is 0. The van der Waals surface area contributed by atoms with Gasteiger partial charge in [-0.25, -0.2) is 14.6 Å². The monoisotopic (exact) mass is 283 g/mol. The first-order chi connectivity index (χ1) is 10.1. The highest BCUT2D eigenvalue weighted by atomic mass is 16.4. The molecule has 0 saturated carbocycles. The van der Waals surface area contributed by atoms with Gasteiger partial charge in [-0.15, -0.1) is 0 Å². The average Bonchev–Trinajstić information content (AvgIpc) is 2.87. The zero-order valence-electron chi connectivity index (χ0n) is 10.6. The Bertz CT molecular complexity index is 855. The molecule has 0 atom stereocenters. The molecule has 3 aromatic rings. The predicted molar refractivity (Wildman–Crippen MR) is 72.3 cm³/mol. The normalized spacial score (nSPS) is 10.7. The summed E-state index contributed by atoms with van der Waals surface area (Å²) in [6, 6.07) is 6.13. The number of nitrogens with zero attached hydrogens (tertiary/aromatic N) is 3. The van der Waals surface area contributed by atoms with Crippen LogP contribution in [0.15, 0.2) is 42.9 Å². The van der Waals surface area contributed by atoms with Crippen molar-refractivity contribution < 1.29 is 19.8 Å². The maximum Gasteiger partial charge on any atom is 0.356 e. The number of aromatic nitrogens is 3. The van der Waals surface area contributed by atoms with Crippen LogP contribution in [-0.4, -0.2) is 36.5 Å². The zero-order chi connectivity index (χ0) is 15.0. The Morgan fingerprint density at radius 3 is 2.33 bits per heavy atom. The van der Waals surface area contributed by atoms with E-state index in [2.05, 4.69) is 9.97 Å². The summed E-state index contributed by atoms with van der Waals surface area (Å²) < 4.78 is 1.46. The number of hydrogen-bond acceptors (Lipinski definition) is 4. The van der Waals surface area contributed by atoms with E-state index in [1.807, 2.05) is 0 Å². The molecule has 0 aliphatic heterocycles. The molecule has 3 rings (SSSR count). The van der Waals surface area contributed by atoms with E-state index in [4.69, 9.17) is 5.11 Å². The van der Waals surface area contributed by atoms with Crippen molar-refractivity contribution in [2.75, 3.05) is 0 Å². The van der Waals surface area contributed by atoms with Gasteiger partial charge in [-0.2, -0.15) is 0 Å². The van der Waals surface area contributed by atoms with Crippen molar-refractivity contribution in [3.05, 3.63) is 54.1 Å². The lowest BCUT2D eigenvalue weighted by Crippen LogP contribution is -2.00. The fraction of sp³-hybridized carbons (Fsp3) is 0. The van der Waals surface area contributed by atoms with E-state index >= 15 is 0 Å². The van der Waals surface area contributed by atoms with Crippen molar-refractivity contribution in [2.45, 2.75) is 0 Å². The standard InChI is InChI=1S/C14H9N3O4/c18-13(19)9-1-2-10-11(14(20)21)16-12(17(10)7-9)8-3-5-15-6-4-8/h1-7H,(H,18,19)(H,20,21). The van der Waals surface area contributed by atoms with Gasteiger partial charge < -0.3 is 10.2 Å². The molecule has 2 N–H and O–H groups in total. The van der Waals surface area contributed by atoms with Crippen LogP contribution in [0.1, 0.15) is 20.8 Å². The van der Waals surface area contributed by atoms with Crippen molar-refractivity contribution in [3.8, 4) is 11.4 Å². The Morgan fingerprint density at radius 1 is 1.00 bits per heavy atom. The second-order valence-corrected chi connectivity index (χ2v) is 4.30. The summed E-state index contributed by atoms with van der Waals surface area (Å²) in [6.07, 6.45) is 4.46. The first kappa shape index (κ1) is 12.8. The first-order valence-corrected chi connectivity index (χ1v) is 5.97. The number of pyridine rings is 2. The fourth-order valence-electron chi connectivity index (χ4n) is 2.07. The molecule has 0 unspecified atom stereocenters. The summed E-state index contributed by atoms with van der Waals surface area (Å²) in [4.78, 5) is 30.3. The van der Waals surface area contributed by atoms with Crippen LogP contribution in [0.4, 0.5) is 0 Å². The second kappa shape index (κ2) is 4.71. The Balaban J connectivity index is 2.35. The van der Waals surface area contributed by atoms with Crippen LogP contribution >= 0.6 is 0 Å². The zero-order valence-corrected chi connectivity index (χ0v) is 10.6. The van der Waals surface area contributed by atoms with Gasteiger partial charge in [-0.3, -0.25) is 9.38 Å². The molecule has 7 heteroatoms. The molecule has 0 bridgehead atoms. The largest absolute Gasteiger partial charge is 0.478 e. The first-order valence-electron chi connectivity index (χ1n) is 5.97. The van der Waals surface area contributed by atoms with E-state index in [1.54, 1.807) is 24.5 Å². The van der Waals surface area contributed by atoms with Crippen LogP contribution in [0.3, 0.4) is 0 Å². The number of aromatic carboxylic acids is 2. The Kier molecular flexibility index (Phi) is 2.87. The Morgan fingerprint density at radius 2 is 1.71 bits per heavy atom. The van der Waals surface area contributed by atoms with Crippen LogP contribution < -0.4 is 0 Å². The highest BCUT2D eigenvalue weighted by molar-refractivity contribution is 5.96. The lowest BCUT2D eigenvalue weighted by molar-refractivity contribution is 0.0685. The second-order valence-electron chi connectivity index (χ2n) is 4.30. The summed E-state index contributed by atoms with van der Waals surface area (Å²) in [5.41, 5.74) is 0.903. The lowest BCUT2D eigenvalue weighted by atomic mass is 10.2. The van der Waals surface area contributed by atoms with Crippen LogP contribution in [0.2, 0.25) is 0 Å². The van der Waals surface area contributed by atoms with Crippen molar-refractivity contribution in [1.82, 2.24) is 14.4 Å². The molecule has 0 aliphatic rings. The molecule has 3 heterocycles. The van der Waals surface area contributed by atoms with Gasteiger partial charge in [0.2, 0.25) is 0 Å². The maximum atomic E-state index is 11.3. The molecule has 0 aromatic carbocycles. The number of rotatable bonds is 3. The van der Waals surface area contributed by atoms with Crippen LogP contribution in [-0.2, 0) is 0 Å². The summed E-state index contributed by atoms with van der Waals surface area (Å²) in [6.45, 7) is 0. The van der Waals surface area contributed by atoms with Crippen LogP contribution in [0, 0.1) is 0 Å².